The summed E-state index contributed by atoms with van der Waals surface area (Å²) in [7, 11) is 0.716. The fourth-order valence-corrected chi connectivity index (χ4v) is 1.48. The van der Waals surface area contributed by atoms with E-state index in [0.29, 0.717) is 18.0 Å². The molecule has 68 valence electrons. The Kier molecular flexibility index (Phi) is 1.90. The van der Waals surface area contributed by atoms with Crippen molar-refractivity contribution in [1.29, 1.82) is 0 Å². The van der Waals surface area contributed by atoms with Gasteiger partial charge in [-0.05, 0) is 11.5 Å². The number of hydrogen-bond donors (Lipinski definition) is 2. The fraction of sp³-hybridized carbons (Fsp3) is 0.250. The average Bonchev–Trinajstić information content (AvgIpc) is 2.50. The van der Waals surface area contributed by atoms with Crippen molar-refractivity contribution in [1.82, 2.24) is 0 Å². The van der Waals surface area contributed by atoms with Crippen molar-refractivity contribution in [2.24, 2.45) is 0 Å². The molecule has 3 N–H and O–H groups in total. The molecule has 1 aliphatic heterocycles. The summed E-state index contributed by atoms with van der Waals surface area (Å²) >= 11 is 0. The van der Waals surface area contributed by atoms with Gasteiger partial charge in [0.1, 0.15) is 5.75 Å². The molecule has 1 aromatic carbocycles. The summed E-state index contributed by atoms with van der Waals surface area (Å²) < 4.78 is 10.1. The third-order valence-electron chi connectivity index (χ3n) is 2.22. The maximum Gasteiger partial charge on any atom is 0.491 e. The number of nitrogen functional groups attached to an aromatic ring is 1. The molecule has 0 radical (unpaired) electrons. The molecular weight excluding hydrogens is 169 g/mol. The first-order valence-corrected chi connectivity index (χ1v) is 3.99. The molecule has 13 heavy (non-hydrogen) atoms. The second kappa shape index (κ2) is 2.94. The molecule has 2 rings (SSSR count). The fourth-order valence-electron chi connectivity index (χ4n) is 1.48. The van der Waals surface area contributed by atoms with Gasteiger partial charge in [-0.15, -0.1) is 0 Å². The number of fused-ring (bicyclic) bond motifs is 1. The normalized spacial score (nSPS) is 14.5. The number of hydrogen-bond acceptors (Lipinski definition) is 4. The Balaban J connectivity index is 2.54. The molecule has 0 atom stereocenters. The molecule has 0 amide bonds. The monoisotopic (exact) mass is 179 g/mol. The number of methoxy groups -OCH3 is 1. The van der Waals surface area contributed by atoms with Gasteiger partial charge in [-0.1, -0.05) is 6.07 Å². The van der Waals surface area contributed by atoms with Crippen molar-refractivity contribution < 1.29 is 14.4 Å². The molecule has 1 heterocycles. The summed E-state index contributed by atoms with van der Waals surface area (Å²) in [6.45, 7) is 0.347. The van der Waals surface area contributed by atoms with Crippen molar-refractivity contribution >= 4 is 18.3 Å². The average molecular weight is 179 g/mol. The van der Waals surface area contributed by atoms with E-state index in [4.69, 9.17) is 15.1 Å². The van der Waals surface area contributed by atoms with Gasteiger partial charge in [-0.25, -0.2) is 0 Å². The Morgan fingerprint density at radius 1 is 1.62 bits per heavy atom. The molecule has 1 aliphatic rings. The topological polar surface area (TPSA) is 64.7 Å². The minimum Gasteiger partial charge on any atom is -0.495 e. The zero-order chi connectivity index (χ0) is 9.42. The lowest BCUT2D eigenvalue weighted by molar-refractivity contribution is 0.275. The molecule has 1 aromatic rings. The lowest BCUT2D eigenvalue weighted by atomic mass is 9.79. The van der Waals surface area contributed by atoms with Crippen molar-refractivity contribution in [3.05, 3.63) is 17.7 Å². The standard InChI is InChI=1S/C8H10BNO3/c1-12-7-3-2-6-5(8(7)10)4-13-9(6)11/h2-3,11H,4,10H2,1H3. The van der Waals surface area contributed by atoms with Crippen LogP contribution in [0.4, 0.5) is 5.69 Å². The molecule has 0 aliphatic carbocycles. The lowest BCUT2D eigenvalue weighted by Gasteiger charge is -2.07. The molecule has 0 saturated carbocycles. The van der Waals surface area contributed by atoms with Crippen LogP contribution in [0.2, 0.25) is 0 Å². The van der Waals surface area contributed by atoms with Gasteiger partial charge >= 0.3 is 7.12 Å². The third-order valence-corrected chi connectivity index (χ3v) is 2.22. The Morgan fingerprint density at radius 2 is 2.38 bits per heavy atom. The molecule has 0 spiro atoms. The van der Waals surface area contributed by atoms with Crippen LogP contribution in [0.25, 0.3) is 0 Å². The maximum atomic E-state index is 9.35. The molecule has 0 unspecified atom stereocenters. The van der Waals surface area contributed by atoms with E-state index in [9.17, 15) is 5.02 Å². The third kappa shape index (κ3) is 1.17. The Hall–Kier alpha value is -1.20. The first-order valence-electron chi connectivity index (χ1n) is 3.99. The van der Waals surface area contributed by atoms with Gasteiger partial charge in [-0.2, -0.15) is 0 Å². The van der Waals surface area contributed by atoms with E-state index in [2.05, 4.69) is 0 Å². The van der Waals surface area contributed by atoms with Crippen LogP contribution in [0.3, 0.4) is 0 Å². The van der Waals surface area contributed by atoms with Crippen LogP contribution in [-0.2, 0) is 11.3 Å². The van der Waals surface area contributed by atoms with Gasteiger partial charge in [0.05, 0.1) is 19.4 Å². The summed E-state index contributed by atoms with van der Waals surface area (Å²) in [6, 6.07) is 3.49. The highest BCUT2D eigenvalue weighted by Gasteiger charge is 2.29. The van der Waals surface area contributed by atoms with E-state index < -0.39 is 7.12 Å². The van der Waals surface area contributed by atoms with E-state index in [1.807, 2.05) is 0 Å². The minimum absolute atomic E-state index is 0.347. The Labute approximate surface area is 76.4 Å². The quantitative estimate of drug-likeness (QED) is 0.450. The molecule has 5 heteroatoms. The smallest absolute Gasteiger partial charge is 0.491 e. The number of benzene rings is 1. The van der Waals surface area contributed by atoms with E-state index in [-0.39, 0.29) is 0 Å². The molecule has 4 nitrogen and oxygen atoms in total. The van der Waals surface area contributed by atoms with Crippen LogP contribution < -0.4 is 15.9 Å². The van der Waals surface area contributed by atoms with Crippen LogP contribution in [0.15, 0.2) is 12.1 Å². The van der Waals surface area contributed by atoms with Crippen LogP contribution in [0.1, 0.15) is 5.56 Å². The van der Waals surface area contributed by atoms with E-state index in [1.54, 1.807) is 19.2 Å². The maximum absolute atomic E-state index is 9.35. The molecular formula is C8H10BNO3. The highest BCUT2D eigenvalue weighted by atomic mass is 16.5. The van der Waals surface area contributed by atoms with Crippen molar-refractivity contribution in [3.63, 3.8) is 0 Å². The summed E-state index contributed by atoms with van der Waals surface area (Å²) in [5, 5.41) is 9.35. The number of rotatable bonds is 1. The largest absolute Gasteiger partial charge is 0.495 e. The predicted octanol–water partition coefficient (Wildman–Crippen LogP) is -0.505. The Morgan fingerprint density at radius 3 is 3.08 bits per heavy atom. The first kappa shape index (κ1) is 8.41. The van der Waals surface area contributed by atoms with E-state index in [0.717, 1.165) is 11.0 Å². The molecule has 0 bridgehead atoms. The van der Waals surface area contributed by atoms with Crippen molar-refractivity contribution in [3.8, 4) is 5.75 Å². The summed E-state index contributed by atoms with van der Waals surface area (Å²) in [6.07, 6.45) is 0. The minimum atomic E-state index is -0.844. The zero-order valence-corrected chi connectivity index (χ0v) is 7.28. The second-order valence-electron chi connectivity index (χ2n) is 2.91. The molecule has 0 fully saturated rings. The first-order chi connectivity index (χ1) is 6.24. The summed E-state index contributed by atoms with van der Waals surface area (Å²) in [5.41, 5.74) is 7.90. The van der Waals surface area contributed by atoms with Crippen molar-refractivity contribution in [2.45, 2.75) is 6.61 Å². The molecule has 0 saturated heterocycles. The van der Waals surface area contributed by atoms with E-state index >= 15 is 0 Å². The second-order valence-corrected chi connectivity index (χ2v) is 2.91. The zero-order valence-electron chi connectivity index (χ0n) is 7.28. The van der Waals surface area contributed by atoms with Crippen LogP contribution in [0, 0.1) is 0 Å². The van der Waals surface area contributed by atoms with E-state index in [1.165, 1.54) is 0 Å². The SMILES string of the molecule is COc1ccc2c(c1N)COB2O. The predicted molar refractivity (Wildman–Crippen MR) is 49.8 cm³/mol. The van der Waals surface area contributed by atoms with Crippen LogP contribution >= 0.6 is 0 Å². The molecule has 0 aromatic heterocycles. The van der Waals surface area contributed by atoms with Crippen LogP contribution in [0.5, 0.6) is 5.75 Å². The number of nitrogens with two attached hydrogens (primary N) is 1. The van der Waals surface area contributed by atoms with Gasteiger partial charge in [0.15, 0.2) is 0 Å². The summed E-state index contributed by atoms with van der Waals surface area (Å²) in [4.78, 5) is 0. The van der Waals surface area contributed by atoms with Crippen molar-refractivity contribution in [2.75, 3.05) is 12.8 Å². The lowest BCUT2D eigenvalue weighted by Crippen LogP contribution is -2.28. The van der Waals surface area contributed by atoms with Gasteiger partial charge in [0.25, 0.3) is 0 Å². The Bertz CT molecular complexity index is 342. The number of anilines is 1. The highest BCUT2D eigenvalue weighted by molar-refractivity contribution is 6.61. The van der Waals surface area contributed by atoms with Gasteiger partial charge < -0.3 is 20.1 Å². The van der Waals surface area contributed by atoms with Crippen LogP contribution in [-0.4, -0.2) is 19.3 Å². The highest BCUT2D eigenvalue weighted by Crippen LogP contribution is 2.26. The number of ether oxygens (including phenoxy) is 1. The summed E-state index contributed by atoms with van der Waals surface area (Å²) in [5.74, 6) is 0.622. The van der Waals surface area contributed by atoms with Gasteiger partial charge in [0.2, 0.25) is 0 Å². The van der Waals surface area contributed by atoms with Gasteiger partial charge in [-0.3, -0.25) is 0 Å². The van der Waals surface area contributed by atoms with Gasteiger partial charge in [0, 0.05) is 5.56 Å².